The Morgan fingerprint density at radius 3 is 2.44 bits per heavy atom. The average molecular weight is 360 g/mol. The Labute approximate surface area is 156 Å². The van der Waals surface area contributed by atoms with Crippen molar-refractivity contribution in [3.05, 3.63) is 60.7 Å². The van der Waals surface area contributed by atoms with Crippen molar-refractivity contribution < 1.29 is 9.47 Å². The van der Waals surface area contributed by atoms with Gasteiger partial charge in [0.2, 0.25) is 0 Å². The van der Waals surface area contributed by atoms with Crippen molar-refractivity contribution in [3.8, 4) is 11.5 Å². The quantitative estimate of drug-likeness (QED) is 0.508. The van der Waals surface area contributed by atoms with Crippen molar-refractivity contribution in [1.29, 1.82) is 0 Å². The minimum Gasteiger partial charge on any atom is -0.493 e. The highest BCUT2D eigenvalue weighted by Gasteiger charge is 2.06. The third-order valence-corrected chi connectivity index (χ3v) is 4.21. The maximum absolute atomic E-state index is 5.91. The van der Waals surface area contributed by atoms with Crippen molar-refractivity contribution in [2.75, 3.05) is 24.7 Å². The highest BCUT2D eigenvalue weighted by atomic mass is 16.5. The van der Waals surface area contributed by atoms with E-state index in [2.05, 4.69) is 9.97 Å². The van der Waals surface area contributed by atoms with Gasteiger partial charge < -0.3 is 20.9 Å². The molecule has 0 saturated carbocycles. The lowest BCUT2D eigenvalue weighted by Crippen LogP contribution is -2.06. The zero-order chi connectivity index (χ0) is 18.6. The number of nitrogen functional groups attached to an aromatic ring is 2. The van der Waals surface area contributed by atoms with Gasteiger partial charge in [-0.15, -0.1) is 0 Å². The first-order valence-electron chi connectivity index (χ1n) is 8.77. The molecule has 6 heteroatoms. The van der Waals surface area contributed by atoms with Crippen LogP contribution < -0.4 is 20.9 Å². The molecule has 4 N–H and O–H groups in total. The number of anilines is 2. The molecule has 4 aromatic rings. The van der Waals surface area contributed by atoms with E-state index in [-0.39, 0.29) is 0 Å². The maximum atomic E-state index is 5.91. The Balaban J connectivity index is 1.39. The smallest absolute Gasteiger partial charge is 0.145 e. The number of fused-ring (bicyclic) bond motifs is 2. The minimum atomic E-state index is 0.444. The van der Waals surface area contributed by atoms with Gasteiger partial charge in [-0.3, -0.25) is 0 Å². The van der Waals surface area contributed by atoms with E-state index >= 15 is 0 Å². The van der Waals surface area contributed by atoms with Gasteiger partial charge in [0.1, 0.15) is 28.7 Å². The Bertz CT molecular complexity index is 1100. The van der Waals surface area contributed by atoms with Crippen LogP contribution in [0.4, 0.5) is 11.6 Å². The molecule has 0 aliphatic rings. The number of benzene rings is 2. The van der Waals surface area contributed by atoms with Gasteiger partial charge in [-0.05, 0) is 30.3 Å². The molecule has 27 heavy (non-hydrogen) atoms. The number of rotatable bonds is 6. The molecular weight excluding hydrogens is 340 g/mol. The molecule has 0 spiro atoms. The van der Waals surface area contributed by atoms with Crippen LogP contribution in [0, 0.1) is 0 Å². The van der Waals surface area contributed by atoms with E-state index in [1.54, 1.807) is 12.1 Å². The number of hydrogen-bond donors (Lipinski definition) is 2. The van der Waals surface area contributed by atoms with Crippen molar-refractivity contribution in [3.63, 3.8) is 0 Å². The monoisotopic (exact) mass is 360 g/mol. The predicted molar refractivity (Wildman–Crippen MR) is 108 cm³/mol. The third-order valence-electron chi connectivity index (χ3n) is 4.21. The average Bonchev–Trinajstić information content (AvgIpc) is 2.67. The molecular formula is C21H20N4O2. The highest BCUT2D eigenvalue weighted by Crippen LogP contribution is 2.27. The van der Waals surface area contributed by atoms with Crippen LogP contribution >= 0.6 is 0 Å². The number of nitrogens with zero attached hydrogens (tertiary/aromatic N) is 2. The summed E-state index contributed by atoms with van der Waals surface area (Å²) in [5.41, 5.74) is 13.2. The van der Waals surface area contributed by atoms with Crippen molar-refractivity contribution in [2.24, 2.45) is 0 Å². The molecule has 0 unspecified atom stereocenters. The first kappa shape index (κ1) is 16.9. The first-order valence-corrected chi connectivity index (χ1v) is 8.77. The summed E-state index contributed by atoms with van der Waals surface area (Å²) < 4.78 is 11.8. The van der Waals surface area contributed by atoms with E-state index in [9.17, 15) is 0 Å². The molecule has 0 atom stereocenters. The fourth-order valence-corrected chi connectivity index (χ4v) is 2.96. The number of nitrogens with two attached hydrogens (primary N) is 2. The largest absolute Gasteiger partial charge is 0.493 e. The van der Waals surface area contributed by atoms with E-state index in [1.807, 2.05) is 48.5 Å². The molecule has 0 amide bonds. The van der Waals surface area contributed by atoms with Gasteiger partial charge in [0.15, 0.2) is 0 Å². The summed E-state index contributed by atoms with van der Waals surface area (Å²) in [5, 5.41) is 1.94. The summed E-state index contributed by atoms with van der Waals surface area (Å²) in [6, 6.07) is 19.1. The Morgan fingerprint density at radius 2 is 1.56 bits per heavy atom. The second-order valence-electron chi connectivity index (χ2n) is 6.18. The van der Waals surface area contributed by atoms with Gasteiger partial charge >= 0.3 is 0 Å². The third kappa shape index (κ3) is 3.69. The summed E-state index contributed by atoms with van der Waals surface area (Å²) >= 11 is 0. The molecule has 136 valence electrons. The highest BCUT2D eigenvalue weighted by molar-refractivity contribution is 5.87. The van der Waals surface area contributed by atoms with E-state index in [1.165, 1.54) is 0 Å². The van der Waals surface area contributed by atoms with Gasteiger partial charge in [0, 0.05) is 23.3 Å². The zero-order valence-corrected chi connectivity index (χ0v) is 14.8. The number of para-hydroxylation sites is 2. The van der Waals surface area contributed by atoms with E-state index in [4.69, 9.17) is 20.9 Å². The molecule has 4 rings (SSSR count). The maximum Gasteiger partial charge on any atom is 0.145 e. The second kappa shape index (κ2) is 7.37. The van der Waals surface area contributed by atoms with Gasteiger partial charge in [-0.1, -0.05) is 24.3 Å². The van der Waals surface area contributed by atoms with E-state index in [0.29, 0.717) is 24.8 Å². The van der Waals surface area contributed by atoms with E-state index < -0.39 is 0 Å². The SMILES string of the molecule is Nc1cc(OCCCOc2cccc3ccc(N)nc23)c2ccccc2n1. The minimum absolute atomic E-state index is 0.444. The summed E-state index contributed by atoms with van der Waals surface area (Å²) in [6.07, 6.45) is 0.718. The van der Waals surface area contributed by atoms with Gasteiger partial charge in [-0.25, -0.2) is 9.97 Å². The zero-order valence-electron chi connectivity index (χ0n) is 14.8. The van der Waals surface area contributed by atoms with Gasteiger partial charge in [0.05, 0.1) is 18.7 Å². The predicted octanol–water partition coefficient (Wildman–Crippen LogP) is 3.80. The fraction of sp³-hybridized carbons (Fsp3) is 0.143. The summed E-state index contributed by atoms with van der Waals surface area (Å²) in [5.74, 6) is 2.37. The van der Waals surface area contributed by atoms with Crippen LogP contribution in [0.5, 0.6) is 11.5 Å². The Hall–Kier alpha value is -3.54. The molecule has 0 aliphatic heterocycles. The summed E-state index contributed by atoms with van der Waals surface area (Å²) in [7, 11) is 0. The molecule has 6 nitrogen and oxygen atoms in total. The lowest BCUT2D eigenvalue weighted by atomic mass is 10.2. The van der Waals surface area contributed by atoms with Crippen LogP contribution in [0.1, 0.15) is 6.42 Å². The second-order valence-corrected chi connectivity index (χ2v) is 6.18. The lowest BCUT2D eigenvalue weighted by molar-refractivity contribution is 0.250. The van der Waals surface area contributed by atoms with Crippen molar-refractivity contribution in [1.82, 2.24) is 9.97 Å². The lowest BCUT2D eigenvalue weighted by Gasteiger charge is -2.11. The van der Waals surface area contributed by atoms with Gasteiger partial charge in [0.25, 0.3) is 0 Å². The number of aromatic nitrogens is 2. The van der Waals surface area contributed by atoms with Crippen molar-refractivity contribution >= 4 is 33.4 Å². The molecule has 0 fully saturated rings. The fourth-order valence-electron chi connectivity index (χ4n) is 2.96. The molecule has 2 aromatic carbocycles. The topological polar surface area (TPSA) is 96.3 Å². The van der Waals surface area contributed by atoms with Crippen LogP contribution in [-0.4, -0.2) is 23.2 Å². The number of pyridine rings is 2. The van der Waals surface area contributed by atoms with Crippen molar-refractivity contribution in [2.45, 2.75) is 6.42 Å². The number of hydrogen-bond acceptors (Lipinski definition) is 6. The summed E-state index contributed by atoms with van der Waals surface area (Å²) in [4.78, 5) is 8.68. The number of ether oxygens (including phenoxy) is 2. The van der Waals surface area contributed by atoms with Crippen LogP contribution in [0.25, 0.3) is 21.8 Å². The molecule has 2 heterocycles. The standard InChI is InChI=1S/C21H20N4O2/c22-19-10-9-14-5-3-8-17(21(14)25-19)26-11-4-12-27-18-13-20(23)24-16-7-2-1-6-15(16)18/h1-3,5-10,13H,4,11-12H2,(H2,22,25)(H2,23,24). The normalized spacial score (nSPS) is 11.0. The van der Waals surface area contributed by atoms with Gasteiger partial charge in [-0.2, -0.15) is 0 Å². The Kier molecular flexibility index (Phi) is 4.61. The van der Waals surface area contributed by atoms with E-state index in [0.717, 1.165) is 39.7 Å². The van der Waals surface area contributed by atoms with Crippen LogP contribution in [0.3, 0.4) is 0 Å². The Morgan fingerprint density at radius 1 is 0.741 bits per heavy atom. The molecule has 0 aliphatic carbocycles. The molecule has 0 radical (unpaired) electrons. The summed E-state index contributed by atoms with van der Waals surface area (Å²) in [6.45, 7) is 1.02. The first-order chi connectivity index (χ1) is 13.2. The van der Waals surface area contributed by atoms with Crippen LogP contribution in [-0.2, 0) is 0 Å². The molecule has 0 saturated heterocycles. The van der Waals surface area contributed by atoms with Crippen LogP contribution in [0.2, 0.25) is 0 Å². The molecule has 2 aromatic heterocycles. The molecule has 0 bridgehead atoms. The van der Waals surface area contributed by atoms with Crippen LogP contribution in [0.15, 0.2) is 60.7 Å².